The van der Waals surface area contributed by atoms with Crippen LogP contribution in [0.25, 0.3) is 0 Å². The van der Waals surface area contributed by atoms with Gasteiger partial charge in [-0.3, -0.25) is 10.0 Å². The lowest BCUT2D eigenvalue weighted by Crippen LogP contribution is -2.32. The van der Waals surface area contributed by atoms with Crippen molar-refractivity contribution in [1.82, 2.24) is 5.06 Å². The molecule has 0 bridgehead atoms. The van der Waals surface area contributed by atoms with Crippen LogP contribution in [-0.4, -0.2) is 23.3 Å². The van der Waals surface area contributed by atoms with E-state index in [-0.39, 0.29) is 11.9 Å². The number of carbonyl (C=O) groups excluding carboxylic acids is 1. The molecule has 0 radical (unpaired) electrons. The summed E-state index contributed by atoms with van der Waals surface area (Å²) in [4.78, 5) is 11.2. The molecule has 0 aromatic heterocycles. The molecule has 17 heavy (non-hydrogen) atoms. The highest BCUT2D eigenvalue weighted by Gasteiger charge is 2.26. The first kappa shape index (κ1) is 11.9. The lowest BCUT2D eigenvalue weighted by molar-refractivity contribution is -0.175. The molecule has 0 heterocycles. The van der Waals surface area contributed by atoms with Crippen molar-refractivity contribution in [3.05, 3.63) is 29.3 Å². The highest BCUT2D eigenvalue weighted by molar-refractivity contribution is 5.72. The average Bonchev–Trinajstić information content (AvgIpc) is 2.36. The molecule has 1 aromatic rings. The monoisotopic (exact) mass is 235 g/mol. The molecule has 1 unspecified atom stereocenters. The Kier molecular flexibility index (Phi) is 3.33. The number of carbonyl (C=O) groups is 1. The Morgan fingerprint density at radius 2 is 2.29 bits per heavy atom. The van der Waals surface area contributed by atoms with Crippen molar-refractivity contribution in [2.75, 3.05) is 7.11 Å². The predicted octanol–water partition coefficient (Wildman–Crippen LogP) is 2.31. The summed E-state index contributed by atoms with van der Waals surface area (Å²) in [6.07, 6.45) is 2.74. The quantitative estimate of drug-likeness (QED) is 0.632. The van der Waals surface area contributed by atoms with Gasteiger partial charge in [-0.05, 0) is 42.5 Å². The second-order valence-corrected chi connectivity index (χ2v) is 4.34. The smallest absolute Gasteiger partial charge is 0.243 e. The minimum atomic E-state index is -0.321. The zero-order chi connectivity index (χ0) is 12.4. The fourth-order valence-electron chi connectivity index (χ4n) is 2.37. The van der Waals surface area contributed by atoms with Crippen molar-refractivity contribution in [3.63, 3.8) is 0 Å². The summed E-state index contributed by atoms with van der Waals surface area (Å²) in [6.45, 7) is 1.37. The van der Waals surface area contributed by atoms with Crippen molar-refractivity contribution in [1.29, 1.82) is 0 Å². The number of methoxy groups -OCH3 is 1. The topological polar surface area (TPSA) is 49.8 Å². The summed E-state index contributed by atoms with van der Waals surface area (Å²) in [5.74, 6) is 0.496. The first-order chi connectivity index (χ1) is 8.13. The number of nitrogens with zero attached hydrogens (tertiary/aromatic N) is 1. The largest absolute Gasteiger partial charge is 0.497 e. The van der Waals surface area contributed by atoms with Crippen LogP contribution in [0.3, 0.4) is 0 Å². The summed E-state index contributed by atoms with van der Waals surface area (Å²) in [7, 11) is 1.63. The molecule has 1 aliphatic rings. The van der Waals surface area contributed by atoms with Gasteiger partial charge in [-0.2, -0.15) is 0 Å². The maximum absolute atomic E-state index is 11.2. The van der Waals surface area contributed by atoms with Gasteiger partial charge in [0.05, 0.1) is 13.2 Å². The molecular formula is C13H17NO3. The van der Waals surface area contributed by atoms with Gasteiger partial charge in [0.25, 0.3) is 0 Å². The normalized spacial score (nSPS) is 18.4. The number of aryl methyl sites for hydroxylation is 1. The van der Waals surface area contributed by atoms with Gasteiger partial charge in [0.1, 0.15) is 5.75 Å². The minimum absolute atomic E-state index is 0.220. The van der Waals surface area contributed by atoms with E-state index in [2.05, 4.69) is 0 Å². The number of hydrogen-bond acceptors (Lipinski definition) is 3. The summed E-state index contributed by atoms with van der Waals surface area (Å²) < 4.78 is 5.18. The third-order valence-electron chi connectivity index (χ3n) is 3.25. The van der Waals surface area contributed by atoms with Gasteiger partial charge in [-0.15, -0.1) is 0 Å². The third-order valence-corrected chi connectivity index (χ3v) is 3.25. The van der Waals surface area contributed by atoms with E-state index in [0.717, 1.165) is 41.2 Å². The molecule has 0 saturated carbocycles. The summed E-state index contributed by atoms with van der Waals surface area (Å²) in [5.41, 5.74) is 2.18. The molecule has 4 heteroatoms. The molecule has 2 rings (SSSR count). The third kappa shape index (κ3) is 2.26. The average molecular weight is 235 g/mol. The van der Waals surface area contributed by atoms with Crippen molar-refractivity contribution in [2.24, 2.45) is 0 Å². The van der Waals surface area contributed by atoms with Crippen LogP contribution in [0.4, 0.5) is 0 Å². The van der Waals surface area contributed by atoms with Gasteiger partial charge in [0, 0.05) is 6.92 Å². The molecule has 92 valence electrons. The predicted molar refractivity (Wildman–Crippen MR) is 63.0 cm³/mol. The standard InChI is InChI=1S/C13H17NO3/c1-9(15)14(16)13-5-3-4-10-8-11(17-2)6-7-12(10)13/h6-8,13,16H,3-5H2,1-2H3. The van der Waals surface area contributed by atoms with E-state index in [1.165, 1.54) is 6.92 Å². The first-order valence-electron chi connectivity index (χ1n) is 5.79. The van der Waals surface area contributed by atoms with Gasteiger partial charge >= 0.3 is 0 Å². The Labute approximate surface area is 101 Å². The van der Waals surface area contributed by atoms with Gasteiger partial charge in [0.2, 0.25) is 5.91 Å². The van der Waals surface area contributed by atoms with Gasteiger partial charge < -0.3 is 4.74 Å². The van der Waals surface area contributed by atoms with Crippen LogP contribution < -0.4 is 4.74 Å². The Balaban J connectivity index is 2.34. The van der Waals surface area contributed by atoms with Crippen LogP contribution >= 0.6 is 0 Å². The van der Waals surface area contributed by atoms with E-state index in [1.807, 2.05) is 18.2 Å². The van der Waals surface area contributed by atoms with Gasteiger partial charge in [0.15, 0.2) is 0 Å². The number of hydrogen-bond donors (Lipinski definition) is 1. The van der Waals surface area contributed by atoms with E-state index in [0.29, 0.717) is 0 Å². The number of amides is 1. The van der Waals surface area contributed by atoms with Crippen molar-refractivity contribution in [2.45, 2.75) is 32.2 Å². The van der Waals surface area contributed by atoms with Crippen LogP contribution in [0.5, 0.6) is 5.75 Å². The van der Waals surface area contributed by atoms with Crippen LogP contribution in [-0.2, 0) is 11.2 Å². The van der Waals surface area contributed by atoms with E-state index < -0.39 is 0 Å². The maximum Gasteiger partial charge on any atom is 0.243 e. The van der Waals surface area contributed by atoms with Gasteiger partial charge in [-0.1, -0.05) is 6.07 Å². The van der Waals surface area contributed by atoms with Crippen molar-refractivity contribution >= 4 is 5.91 Å². The minimum Gasteiger partial charge on any atom is -0.497 e. The Hall–Kier alpha value is -1.55. The van der Waals surface area contributed by atoms with Crippen molar-refractivity contribution in [3.8, 4) is 5.75 Å². The van der Waals surface area contributed by atoms with E-state index >= 15 is 0 Å². The lowest BCUT2D eigenvalue weighted by atomic mass is 9.87. The fraction of sp³-hybridized carbons (Fsp3) is 0.462. The van der Waals surface area contributed by atoms with Gasteiger partial charge in [-0.25, -0.2) is 5.06 Å². The zero-order valence-corrected chi connectivity index (χ0v) is 10.1. The Bertz CT molecular complexity index is 431. The fourth-order valence-corrected chi connectivity index (χ4v) is 2.37. The number of ether oxygens (including phenoxy) is 1. The lowest BCUT2D eigenvalue weighted by Gasteiger charge is -2.30. The summed E-state index contributed by atoms with van der Waals surface area (Å²) in [6, 6.07) is 5.56. The van der Waals surface area contributed by atoms with Crippen LogP contribution in [0.2, 0.25) is 0 Å². The molecular weight excluding hydrogens is 218 g/mol. The molecule has 1 atom stereocenters. The second kappa shape index (κ2) is 4.75. The molecule has 1 N–H and O–H groups in total. The Morgan fingerprint density at radius 1 is 1.53 bits per heavy atom. The van der Waals surface area contributed by atoms with E-state index in [1.54, 1.807) is 7.11 Å². The first-order valence-corrected chi connectivity index (χ1v) is 5.79. The number of rotatable bonds is 2. The highest BCUT2D eigenvalue weighted by Crippen LogP contribution is 2.35. The number of benzene rings is 1. The van der Waals surface area contributed by atoms with Crippen molar-refractivity contribution < 1.29 is 14.7 Å². The second-order valence-electron chi connectivity index (χ2n) is 4.34. The molecule has 1 aromatic carbocycles. The zero-order valence-electron chi connectivity index (χ0n) is 10.1. The summed E-state index contributed by atoms with van der Waals surface area (Å²) >= 11 is 0. The molecule has 0 saturated heterocycles. The molecule has 0 fully saturated rings. The molecule has 1 aliphatic carbocycles. The molecule has 4 nitrogen and oxygen atoms in total. The van der Waals surface area contributed by atoms with Crippen LogP contribution in [0.1, 0.15) is 36.9 Å². The maximum atomic E-state index is 11.2. The number of hydroxylamine groups is 2. The highest BCUT2D eigenvalue weighted by atomic mass is 16.5. The number of fused-ring (bicyclic) bond motifs is 1. The van der Waals surface area contributed by atoms with E-state index in [4.69, 9.17) is 4.74 Å². The summed E-state index contributed by atoms with van der Waals surface area (Å²) in [5, 5.41) is 10.6. The van der Waals surface area contributed by atoms with E-state index in [9.17, 15) is 10.0 Å². The SMILES string of the molecule is COc1ccc2c(c1)CCCC2N(O)C(C)=O. The molecule has 0 aliphatic heterocycles. The van der Waals surface area contributed by atoms with Crippen LogP contribution in [0.15, 0.2) is 18.2 Å². The Morgan fingerprint density at radius 3 is 2.94 bits per heavy atom. The van der Waals surface area contributed by atoms with Crippen LogP contribution in [0, 0.1) is 0 Å². The molecule has 0 spiro atoms. The molecule has 1 amide bonds.